The van der Waals surface area contributed by atoms with Gasteiger partial charge in [-0.2, -0.15) is 0 Å². The minimum atomic E-state index is -1.42. The number of ether oxygens (including phenoxy) is 2. The highest BCUT2D eigenvalue weighted by Gasteiger charge is 2.76. The number of carboxylic acids is 1. The first kappa shape index (κ1) is 43.9. The van der Waals surface area contributed by atoms with Crippen LogP contribution in [0.3, 0.4) is 0 Å². The molecule has 1 saturated heterocycles. The summed E-state index contributed by atoms with van der Waals surface area (Å²) < 4.78 is 13.5. The smallest absolute Gasteiger partial charge is 0.303 e. The molecule has 15 heteroatoms. The van der Waals surface area contributed by atoms with Crippen molar-refractivity contribution in [1.29, 1.82) is 0 Å². The van der Waals surface area contributed by atoms with Crippen molar-refractivity contribution in [3.05, 3.63) is 59.2 Å². The Morgan fingerprint density at radius 3 is 2.36 bits per heavy atom. The van der Waals surface area contributed by atoms with Gasteiger partial charge in [0.15, 0.2) is 23.5 Å². The van der Waals surface area contributed by atoms with E-state index in [1.807, 2.05) is 25.1 Å². The SMILES string of the molecule is C[C@]12C=CC(=O)C=C1CC[C@@H]1[C@@H]2[C@@H](O)C[C@@]2(C)[C@H]1C[C@H]1O[C@@H](c3ccc(CC45CCC(NC(=O)[C@H](CCC(=O)O)NC(=O)CNC(=O)CBr)(CC4)CC5)cc3)O[C@]12C(=O)CO. The largest absolute Gasteiger partial charge is 0.481 e. The van der Waals surface area contributed by atoms with Gasteiger partial charge >= 0.3 is 5.97 Å². The van der Waals surface area contributed by atoms with Gasteiger partial charge in [-0.3, -0.25) is 28.8 Å². The van der Waals surface area contributed by atoms with Gasteiger partial charge in [-0.1, -0.05) is 65.7 Å². The van der Waals surface area contributed by atoms with Crippen LogP contribution in [0, 0.1) is 34.0 Å². The van der Waals surface area contributed by atoms with Crippen molar-refractivity contribution in [3.63, 3.8) is 0 Å². The molecule has 10 atom stereocenters. The average molecular weight is 909 g/mol. The lowest BCUT2D eigenvalue weighted by atomic mass is 9.46. The summed E-state index contributed by atoms with van der Waals surface area (Å²) in [4.78, 5) is 75.2. The molecule has 1 aromatic rings. The van der Waals surface area contributed by atoms with E-state index in [0.29, 0.717) is 12.8 Å². The van der Waals surface area contributed by atoms with Gasteiger partial charge in [0.25, 0.3) is 0 Å². The number of carbonyl (C=O) groups is 6. The third-order valence-corrected chi connectivity index (χ3v) is 16.8. The Hall–Kier alpha value is -3.76. The zero-order valence-electron chi connectivity index (χ0n) is 34.9. The number of carbonyl (C=O) groups excluding carboxylic acids is 5. The zero-order valence-corrected chi connectivity index (χ0v) is 36.5. The number of amides is 3. The molecule has 61 heavy (non-hydrogen) atoms. The molecule has 1 heterocycles. The Balaban J connectivity index is 0.908. The zero-order chi connectivity index (χ0) is 43.5. The topological polar surface area (TPSA) is 218 Å². The molecule has 1 aromatic carbocycles. The molecule has 7 fully saturated rings. The van der Waals surface area contributed by atoms with Crippen molar-refractivity contribution in [1.82, 2.24) is 16.0 Å². The Bertz CT molecular complexity index is 2010. The Labute approximate surface area is 364 Å². The number of hydrogen-bond donors (Lipinski definition) is 6. The van der Waals surface area contributed by atoms with Gasteiger partial charge in [0.1, 0.15) is 12.6 Å². The summed E-state index contributed by atoms with van der Waals surface area (Å²) in [6.07, 6.45) is 11.0. The molecule has 0 radical (unpaired) electrons. The van der Waals surface area contributed by atoms with Gasteiger partial charge in [-0.25, -0.2) is 0 Å². The number of rotatable bonds is 14. The van der Waals surface area contributed by atoms with E-state index in [1.54, 1.807) is 12.2 Å². The van der Waals surface area contributed by atoms with Crippen molar-refractivity contribution < 1.29 is 53.6 Å². The first-order valence-corrected chi connectivity index (χ1v) is 23.0. The number of aliphatic hydroxyl groups is 2. The Morgan fingerprint density at radius 2 is 1.70 bits per heavy atom. The number of benzene rings is 1. The van der Waals surface area contributed by atoms with Gasteiger partial charge < -0.3 is 40.7 Å². The fourth-order valence-electron chi connectivity index (χ4n) is 13.1. The van der Waals surface area contributed by atoms with Crippen LogP contribution in [0.15, 0.2) is 48.1 Å². The highest BCUT2D eigenvalue weighted by Crippen LogP contribution is 2.70. The second kappa shape index (κ2) is 16.4. The standard InChI is InChI=1S/C46H58BrN3O11/c1-42-12-11-29(52)19-28(42)7-8-30-31-20-35-46(34(54)25-51,43(31,2)22-33(53)39(30)42)61-41(60-35)27-5-3-26(4-6-27)21-44-13-16-45(17-14-44,18-15-44)50-40(59)32(9-10-38(57)58)49-37(56)24-48-36(55)23-47/h3-6,11-12,19,30-33,35,39,41,51,53H,7-10,13-18,20-25H2,1-2H3,(H,48,55)(H,49,56)(H,50,59)(H,57,58)/t30-,31-,32-,33-,35+,39+,41+,42-,43-,44?,45?,46+/m0/s1. The summed E-state index contributed by atoms with van der Waals surface area (Å²) in [6.45, 7) is 3.13. The fourth-order valence-corrected chi connectivity index (χ4v) is 13.3. The molecule has 0 aromatic heterocycles. The van der Waals surface area contributed by atoms with Crippen LogP contribution in [-0.2, 0) is 44.7 Å². The van der Waals surface area contributed by atoms with E-state index in [0.717, 1.165) is 74.5 Å². The maximum Gasteiger partial charge on any atom is 0.303 e. The first-order chi connectivity index (χ1) is 29.0. The molecule has 7 aliphatic carbocycles. The summed E-state index contributed by atoms with van der Waals surface area (Å²) in [5.74, 6) is -2.93. The third-order valence-electron chi connectivity index (χ3n) is 16.3. The highest BCUT2D eigenvalue weighted by atomic mass is 79.9. The normalized spacial score (nSPS) is 38.6. The Morgan fingerprint density at radius 1 is 1.00 bits per heavy atom. The molecule has 0 unspecified atom stereocenters. The lowest BCUT2D eigenvalue weighted by molar-refractivity contribution is -0.201. The van der Waals surface area contributed by atoms with E-state index in [1.165, 1.54) is 0 Å². The minimum Gasteiger partial charge on any atom is -0.481 e. The van der Waals surface area contributed by atoms with Gasteiger partial charge in [-0.05, 0) is 112 Å². The van der Waals surface area contributed by atoms with E-state index < -0.39 is 76.7 Å². The van der Waals surface area contributed by atoms with Gasteiger partial charge in [0.2, 0.25) is 17.7 Å². The summed E-state index contributed by atoms with van der Waals surface area (Å²) >= 11 is 3.02. The molecule has 6 saturated carbocycles. The van der Waals surface area contributed by atoms with Crippen LogP contribution in [0.2, 0.25) is 0 Å². The van der Waals surface area contributed by atoms with Crippen LogP contribution < -0.4 is 16.0 Å². The summed E-state index contributed by atoms with van der Waals surface area (Å²) in [7, 11) is 0. The lowest BCUT2D eigenvalue weighted by Crippen LogP contribution is -2.63. The van der Waals surface area contributed by atoms with Crippen LogP contribution in [0.5, 0.6) is 0 Å². The van der Waals surface area contributed by atoms with Crippen molar-refractivity contribution in [2.75, 3.05) is 18.5 Å². The number of aliphatic carboxylic acids is 1. The number of hydrogen-bond acceptors (Lipinski definition) is 10. The maximum absolute atomic E-state index is 14.0. The van der Waals surface area contributed by atoms with Crippen molar-refractivity contribution in [2.24, 2.45) is 34.0 Å². The number of ketones is 2. The van der Waals surface area contributed by atoms with Crippen LogP contribution >= 0.6 is 15.9 Å². The molecule has 14 nitrogen and oxygen atoms in total. The van der Waals surface area contributed by atoms with Gasteiger partial charge in [-0.15, -0.1) is 0 Å². The molecule has 1 aliphatic heterocycles. The summed E-state index contributed by atoms with van der Waals surface area (Å²) in [5, 5.41) is 39.9. The highest BCUT2D eigenvalue weighted by molar-refractivity contribution is 9.09. The van der Waals surface area contributed by atoms with E-state index >= 15 is 0 Å². The third kappa shape index (κ3) is 7.63. The van der Waals surface area contributed by atoms with E-state index in [4.69, 9.17) is 9.47 Å². The number of Topliss-reactive ketones (excluding diaryl/α,β-unsaturated/α-hetero) is 1. The molecule has 2 bridgehead atoms. The second-order valence-corrected chi connectivity index (χ2v) is 20.1. The van der Waals surface area contributed by atoms with E-state index in [9.17, 15) is 44.1 Å². The van der Waals surface area contributed by atoms with Crippen LogP contribution in [-0.4, -0.2) is 98.4 Å². The predicted octanol–water partition coefficient (Wildman–Crippen LogP) is 3.90. The molecule has 3 amide bonds. The van der Waals surface area contributed by atoms with Crippen molar-refractivity contribution >= 4 is 51.2 Å². The lowest BCUT2D eigenvalue weighted by Gasteiger charge is -2.59. The monoisotopic (exact) mass is 907 g/mol. The number of nitrogens with one attached hydrogen (secondary N) is 3. The number of allylic oxidation sites excluding steroid dienone is 4. The van der Waals surface area contributed by atoms with Crippen molar-refractivity contribution in [3.8, 4) is 0 Å². The number of aliphatic hydroxyl groups excluding tert-OH is 2. The van der Waals surface area contributed by atoms with Gasteiger partial charge in [0.05, 0.1) is 24.1 Å². The molecular formula is C46H58BrN3O11. The molecular weight excluding hydrogens is 850 g/mol. The molecule has 330 valence electrons. The summed E-state index contributed by atoms with van der Waals surface area (Å²) in [6, 6.07) is 7.08. The molecule has 6 N–H and O–H groups in total. The van der Waals surface area contributed by atoms with Crippen LogP contribution in [0.1, 0.15) is 108 Å². The number of alkyl halides is 1. The second-order valence-electron chi connectivity index (χ2n) is 19.5. The predicted molar refractivity (Wildman–Crippen MR) is 224 cm³/mol. The molecule has 0 spiro atoms. The Kier molecular flexibility index (Phi) is 11.8. The first-order valence-electron chi connectivity index (χ1n) is 21.8. The van der Waals surface area contributed by atoms with E-state index in [-0.39, 0.29) is 59.6 Å². The molecule has 9 rings (SSSR count). The molecule has 8 aliphatic rings. The summed E-state index contributed by atoms with van der Waals surface area (Å²) in [5.41, 5.74) is -0.0688. The average Bonchev–Trinajstić information content (AvgIpc) is 3.74. The van der Waals surface area contributed by atoms with Crippen LogP contribution in [0.4, 0.5) is 0 Å². The number of carboxylic acid groups (broad SMARTS) is 1. The quantitative estimate of drug-likeness (QED) is 0.147. The number of halogens is 1. The maximum atomic E-state index is 14.0. The van der Waals surface area contributed by atoms with Crippen LogP contribution in [0.25, 0.3) is 0 Å². The number of fused-ring (bicyclic) bond motifs is 10. The van der Waals surface area contributed by atoms with Gasteiger partial charge in [0, 0.05) is 34.3 Å². The minimum absolute atomic E-state index is 0.00943. The van der Waals surface area contributed by atoms with Crippen molar-refractivity contribution in [2.45, 2.75) is 133 Å². The fraction of sp³-hybridized carbons (Fsp3) is 0.652. The van der Waals surface area contributed by atoms with E-state index in [2.05, 4.69) is 50.9 Å².